The van der Waals surface area contributed by atoms with Crippen LogP contribution < -0.4 is 10.5 Å². The molecule has 0 aliphatic rings. The molecule has 22 heavy (non-hydrogen) atoms. The first-order valence-electron chi connectivity index (χ1n) is 6.44. The minimum Gasteiger partial charge on any atom is -0.480 e. The Kier molecular flexibility index (Phi) is 3.97. The van der Waals surface area contributed by atoms with Crippen molar-refractivity contribution in [2.24, 2.45) is 0 Å². The van der Waals surface area contributed by atoms with Gasteiger partial charge in [0.05, 0.1) is 18.5 Å². The average molecular weight is 358 g/mol. The van der Waals surface area contributed by atoms with E-state index in [0.29, 0.717) is 17.3 Å². The first kappa shape index (κ1) is 14.4. The van der Waals surface area contributed by atoms with Crippen molar-refractivity contribution in [1.82, 2.24) is 20.2 Å². The van der Waals surface area contributed by atoms with Gasteiger partial charge in [-0.05, 0) is 18.2 Å². The number of methoxy groups -OCH3 is 1. The molecule has 3 aromatic rings. The molecular weight excluding hydrogens is 346 g/mol. The molecule has 6 nitrogen and oxygen atoms in total. The monoisotopic (exact) mass is 357 g/mol. The predicted molar refractivity (Wildman–Crippen MR) is 87.2 cm³/mol. The summed E-state index contributed by atoms with van der Waals surface area (Å²) in [5.74, 6) is 0.657. The standard InChI is InChI=1S/C15H12BrN5O/c1-22-13-6-5-12(20-21-13)11-8-18-15(17)19-14(11)9-3-2-4-10(16)7-9/h2-8H,1H3,(H2,17,18,19). The Morgan fingerprint density at radius 2 is 2.00 bits per heavy atom. The van der Waals surface area contributed by atoms with Crippen molar-refractivity contribution >= 4 is 21.9 Å². The van der Waals surface area contributed by atoms with E-state index in [1.54, 1.807) is 19.4 Å². The lowest BCUT2D eigenvalue weighted by Crippen LogP contribution is -2.00. The molecule has 0 saturated heterocycles. The van der Waals surface area contributed by atoms with E-state index in [1.165, 1.54) is 0 Å². The molecule has 2 N–H and O–H groups in total. The number of nitrogens with zero attached hydrogens (tertiary/aromatic N) is 4. The van der Waals surface area contributed by atoms with Crippen molar-refractivity contribution < 1.29 is 4.74 Å². The number of aromatic nitrogens is 4. The highest BCUT2D eigenvalue weighted by atomic mass is 79.9. The second kappa shape index (κ2) is 6.07. The van der Waals surface area contributed by atoms with Gasteiger partial charge in [-0.15, -0.1) is 10.2 Å². The van der Waals surface area contributed by atoms with E-state index >= 15 is 0 Å². The number of rotatable bonds is 3. The lowest BCUT2D eigenvalue weighted by Gasteiger charge is -2.09. The van der Waals surface area contributed by atoms with Crippen molar-refractivity contribution in [2.75, 3.05) is 12.8 Å². The second-order valence-corrected chi connectivity index (χ2v) is 5.38. The van der Waals surface area contributed by atoms with Gasteiger partial charge in [0, 0.05) is 27.9 Å². The maximum absolute atomic E-state index is 5.74. The zero-order chi connectivity index (χ0) is 15.5. The molecule has 0 radical (unpaired) electrons. The van der Waals surface area contributed by atoms with Crippen molar-refractivity contribution in [3.63, 3.8) is 0 Å². The van der Waals surface area contributed by atoms with Crippen LogP contribution in [0.5, 0.6) is 5.88 Å². The van der Waals surface area contributed by atoms with E-state index < -0.39 is 0 Å². The van der Waals surface area contributed by atoms with Crippen LogP contribution >= 0.6 is 15.9 Å². The summed E-state index contributed by atoms with van der Waals surface area (Å²) in [6.07, 6.45) is 1.65. The van der Waals surface area contributed by atoms with Gasteiger partial charge in [-0.25, -0.2) is 9.97 Å². The van der Waals surface area contributed by atoms with Crippen LogP contribution in [0.2, 0.25) is 0 Å². The largest absolute Gasteiger partial charge is 0.480 e. The topological polar surface area (TPSA) is 86.8 Å². The third-order valence-electron chi connectivity index (χ3n) is 3.03. The zero-order valence-corrected chi connectivity index (χ0v) is 13.3. The fourth-order valence-corrected chi connectivity index (χ4v) is 2.41. The molecule has 0 aliphatic carbocycles. The number of benzene rings is 1. The first-order valence-corrected chi connectivity index (χ1v) is 7.23. The van der Waals surface area contributed by atoms with Crippen molar-refractivity contribution in [3.8, 4) is 28.4 Å². The number of nitrogen functional groups attached to an aromatic ring is 1. The molecule has 0 amide bonds. The van der Waals surface area contributed by atoms with Gasteiger partial charge in [0.25, 0.3) is 0 Å². The van der Waals surface area contributed by atoms with Crippen LogP contribution in [0.4, 0.5) is 5.95 Å². The van der Waals surface area contributed by atoms with Crippen LogP contribution in [0, 0.1) is 0 Å². The molecular formula is C15H12BrN5O. The Balaban J connectivity index is 2.15. The summed E-state index contributed by atoms with van der Waals surface area (Å²) < 4.78 is 5.98. The summed E-state index contributed by atoms with van der Waals surface area (Å²) in [7, 11) is 1.54. The summed E-state index contributed by atoms with van der Waals surface area (Å²) in [6, 6.07) is 11.3. The van der Waals surface area contributed by atoms with Gasteiger partial charge in [-0.2, -0.15) is 0 Å². The van der Waals surface area contributed by atoms with Crippen LogP contribution in [0.1, 0.15) is 0 Å². The van der Waals surface area contributed by atoms with E-state index in [9.17, 15) is 0 Å². The highest BCUT2D eigenvalue weighted by Gasteiger charge is 2.13. The number of hydrogen-bond acceptors (Lipinski definition) is 6. The SMILES string of the molecule is COc1ccc(-c2cnc(N)nc2-c2cccc(Br)c2)nn1. The Morgan fingerprint density at radius 3 is 2.68 bits per heavy atom. The van der Waals surface area contributed by atoms with Gasteiger partial charge in [0.15, 0.2) is 0 Å². The van der Waals surface area contributed by atoms with Crippen LogP contribution in [0.15, 0.2) is 47.1 Å². The summed E-state index contributed by atoms with van der Waals surface area (Å²) >= 11 is 3.46. The van der Waals surface area contributed by atoms with Gasteiger partial charge in [-0.3, -0.25) is 0 Å². The lowest BCUT2D eigenvalue weighted by atomic mass is 10.0. The molecule has 2 aromatic heterocycles. The quantitative estimate of drug-likeness (QED) is 0.775. The Labute approximate surface area is 135 Å². The molecule has 0 fully saturated rings. The van der Waals surface area contributed by atoms with E-state index in [4.69, 9.17) is 10.5 Å². The third-order valence-corrected chi connectivity index (χ3v) is 3.52. The van der Waals surface area contributed by atoms with Gasteiger partial charge in [0.2, 0.25) is 11.8 Å². The first-order chi connectivity index (χ1) is 10.7. The molecule has 0 unspecified atom stereocenters. The van der Waals surface area contributed by atoms with E-state index in [1.807, 2.05) is 30.3 Å². The number of nitrogens with two attached hydrogens (primary N) is 1. The maximum atomic E-state index is 5.74. The number of ether oxygens (including phenoxy) is 1. The van der Waals surface area contributed by atoms with Gasteiger partial charge < -0.3 is 10.5 Å². The highest BCUT2D eigenvalue weighted by molar-refractivity contribution is 9.10. The number of anilines is 1. The molecule has 0 spiro atoms. The lowest BCUT2D eigenvalue weighted by molar-refractivity contribution is 0.392. The Hall–Kier alpha value is -2.54. The van der Waals surface area contributed by atoms with Gasteiger partial charge >= 0.3 is 0 Å². The molecule has 0 aliphatic heterocycles. The normalized spacial score (nSPS) is 10.5. The average Bonchev–Trinajstić information content (AvgIpc) is 2.55. The maximum Gasteiger partial charge on any atom is 0.233 e. The number of halogens is 1. The summed E-state index contributed by atoms with van der Waals surface area (Å²) in [6.45, 7) is 0. The van der Waals surface area contributed by atoms with E-state index in [2.05, 4.69) is 36.1 Å². The fourth-order valence-electron chi connectivity index (χ4n) is 2.01. The van der Waals surface area contributed by atoms with Crippen molar-refractivity contribution in [3.05, 3.63) is 47.1 Å². The summed E-state index contributed by atoms with van der Waals surface area (Å²) in [5, 5.41) is 8.13. The predicted octanol–water partition coefficient (Wildman–Crippen LogP) is 2.95. The zero-order valence-electron chi connectivity index (χ0n) is 11.7. The smallest absolute Gasteiger partial charge is 0.233 e. The van der Waals surface area contributed by atoms with Gasteiger partial charge in [-0.1, -0.05) is 28.1 Å². The molecule has 2 heterocycles. The van der Waals surface area contributed by atoms with Crippen LogP contribution in [-0.4, -0.2) is 27.3 Å². The highest BCUT2D eigenvalue weighted by Crippen LogP contribution is 2.30. The van der Waals surface area contributed by atoms with Crippen molar-refractivity contribution in [2.45, 2.75) is 0 Å². The molecule has 110 valence electrons. The van der Waals surface area contributed by atoms with Crippen LogP contribution in [0.3, 0.4) is 0 Å². The fraction of sp³-hybridized carbons (Fsp3) is 0.0667. The molecule has 1 aromatic carbocycles. The summed E-state index contributed by atoms with van der Waals surface area (Å²) in [5.41, 5.74) is 8.75. The van der Waals surface area contributed by atoms with E-state index in [0.717, 1.165) is 15.6 Å². The molecule has 7 heteroatoms. The molecule has 0 atom stereocenters. The Morgan fingerprint density at radius 1 is 1.14 bits per heavy atom. The molecule has 0 saturated carbocycles. The minimum atomic E-state index is 0.209. The second-order valence-electron chi connectivity index (χ2n) is 4.46. The summed E-state index contributed by atoms with van der Waals surface area (Å²) in [4.78, 5) is 8.41. The number of hydrogen-bond donors (Lipinski definition) is 1. The van der Waals surface area contributed by atoms with Crippen LogP contribution in [-0.2, 0) is 0 Å². The van der Waals surface area contributed by atoms with Crippen molar-refractivity contribution in [1.29, 1.82) is 0 Å². The van der Waals surface area contributed by atoms with Crippen LogP contribution in [0.25, 0.3) is 22.5 Å². The third kappa shape index (κ3) is 2.89. The van der Waals surface area contributed by atoms with Gasteiger partial charge in [0.1, 0.15) is 0 Å². The van der Waals surface area contributed by atoms with E-state index in [-0.39, 0.29) is 5.95 Å². The molecule has 0 bridgehead atoms. The minimum absolute atomic E-state index is 0.209. The molecule has 3 rings (SSSR count). The Bertz CT molecular complexity index is 807.